The third-order valence-electron chi connectivity index (χ3n) is 5.55. The predicted molar refractivity (Wildman–Crippen MR) is 136 cm³/mol. The van der Waals surface area contributed by atoms with Crippen molar-refractivity contribution in [2.75, 3.05) is 16.0 Å². The summed E-state index contributed by atoms with van der Waals surface area (Å²) in [6.45, 7) is 4.25. The van der Waals surface area contributed by atoms with Crippen molar-refractivity contribution >= 4 is 40.3 Å². The van der Waals surface area contributed by atoms with Gasteiger partial charge in [-0.25, -0.2) is 9.50 Å². The molecule has 0 aliphatic rings. The van der Waals surface area contributed by atoms with Gasteiger partial charge in [0.25, 0.3) is 5.91 Å². The van der Waals surface area contributed by atoms with Crippen molar-refractivity contribution in [3.8, 4) is 0 Å². The van der Waals surface area contributed by atoms with Crippen molar-refractivity contribution in [1.82, 2.24) is 19.6 Å². The molecule has 4 rings (SSSR count). The van der Waals surface area contributed by atoms with Crippen molar-refractivity contribution < 1.29 is 9.59 Å². The van der Waals surface area contributed by atoms with E-state index in [2.05, 4.69) is 44.9 Å². The van der Waals surface area contributed by atoms with Gasteiger partial charge >= 0.3 is 0 Å². The molecule has 180 valence electrons. The van der Waals surface area contributed by atoms with Crippen LogP contribution in [-0.4, -0.2) is 37.4 Å². The molecule has 5 N–H and O–H groups in total. The van der Waals surface area contributed by atoms with Crippen LogP contribution in [0.25, 0.3) is 5.65 Å². The van der Waals surface area contributed by atoms with Crippen molar-refractivity contribution in [3.05, 3.63) is 72.3 Å². The number of amides is 2. The number of imidazole rings is 1. The van der Waals surface area contributed by atoms with Gasteiger partial charge in [-0.15, -0.1) is 5.10 Å². The van der Waals surface area contributed by atoms with Crippen LogP contribution in [0, 0.1) is 0 Å². The van der Waals surface area contributed by atoms with Crippen molar-refractivity contribution in [3.63, 3.8) is 0 Å². The van der Waals surface area contributed by atoms with Gasteiger partial charge in [0, 0.05) is 41.4 Å². The summed E-state index contributed by atoms with van der Waals surface area (Å²) in [5.41, 5.74) is 8.46. The number of fused-ring (bicyclic) bond motifs is 1. The summed E-state index contributed by atoms with van der Waals surface area (Å²) < 4.78 is 1.51. The highest BCUT2D eigenvalue weighted by atomic mass is 16.2. The maximum absolute atomic E-state index is 13.0. The molecule has 0 bridgehead atoms. The number of carbonyl (C=O) groups is 2. The predicted octanol–water partition coefficient (Wildman–Crippen LogP) is 4.21. The number of nitrogens with one attached hydrogen (secondary N) is 3. The summed E-state index contributed by atoms with van der Waals surface area (Å²) in [4.78, 5) is 33.1. The largest absolute Gasteiger partial charge is 0.366 e. The van der Waals surface area contributed by atoms with Gasteiger partial charge < -0.3 is 21.7 Å². The molecule has 0 saturated carbocycles. The first-order valence-electron chi connectivity index (χ1n) is 11.5. The fourth-order valence-corrected chi connectivity index (χ4v) is 3.76. The lowest BCUT2D eigenvalue weighted by Crippen LogP contribution is -2.21. The number of nitrogens with zero attached hydrogens (tertiary/aromatic N) is 4. The van der Waals surface area contributed by atoms with E-state index in [9.17, 15) is 9.59 Å². The zero-order valence-electron chi connectivity index (χ0n) is 19.7. The lowest BCUT2D eigenvalue weighted by atomic mass is 10.1. The molecule has 0 saturated heterocycles. The van der Waals surface area contributed by atoms with E-state index >= 15 is 0 Å². The minimum Gasteiger partial charge on any atom is -0.366 e. The van der Waals surface area contributed by atoms with Crippen molar-refractivity contribution in [2.24, 2.45) is 5.73 Å². The Bertz CT molecular complexity index is 1340. The molecule has 0 unspecified atom stereocenters. The fraction of sp³-hybridized carbons (Fsp3) is 0.240. The lowest BCUT2D eigenvalue weighted by molar-refractivity contribution is 0.0996. The highest BCUT2D eigenvalue weighted by Gasteiger charge is 2.18. The molecule has 0 radical (unpaired) electrons. The summed E-state index contributed by atoms with van der Waals surface area (Å²) in [7, 11) is 0. The third kappa shape index (κ3) is 5.55. The minimum absolute atomic E-state index is 0.230. The van der Waals surface area contributed by atoms with Crippen molar-refractivity contribution in [2.45, 2.75) is 39.2 Å². The molecule has 4 aromatic rings. The van der Waals surface area contributed by atoms with Crippen molar-refractivity contribution in [1.29, 1.82) is 0 Å². The molecule has 2 amide bonds. The smallest absolute Gasteiger partial charge is 0.276 e. The second kappa shape index (κ2) is 10.6. The average molecular weight is 473 g/mol. The number of anilines is 4. The molecule has 0 spiro atoms. The monoisotopic (exact) mass is 472 g/mol. The van der Waals surface area contributed by atoms with Crippen LogP contribution in [0.4, 0.5) is 22.9 Å². The average Bonchev–Trinajstić information content (AvgIpc) is 3.29. The molecule has 35 heavy (non-hydrogen) atoms. The lowest BCUT2D eigenvalue weighted by Gasteiger charge is -2.18. The van der Waals surface area contributed by atoms with E-state index in [0.29, 0.717) is 34.1 Å². The number of rotatable bonds is 10. The van der Waals surface area contributed by atoms with E-state index in [1.807, 2.05) is 12.1 Å². The Balaban J connectivity index is 1.74. The van der Waals surface area contributed by atoms with Crippen LogP contribution in [0.1, 0.15) is 54.0 Å². The van der Waals surface area contributed by atoms with Gasteiger partial charge in [-0.05, 0) is 43.2 Å². The quantitative estimate of drug-likeness (QED) is 0.271. The summed E-state index contributed by atoms with van der Waals surface area (Å²) in [5.74, 6) is -0.268. The van der Waals surface area contributed by atoms with E-state index in [1.165, 1.54) is 10.7 Å². The molecule has 1 aromatic carbocycles. The zero-order chi connectivity index (χ0) is 24.8. The summed E-state index contributed by atoms with van der Waals surface area (Å²) in [5, 5.41) is 14.3. The van der Waals surface area contributed by atoms with Crippen LogP contribution in [0.3, 0.4) is 0 Å². The van der Waals surface area contributed by atoms with Crippen LogP contribution in [0.2, 0.25) is 0 Å². The fourth-order valence-electron chi connectivity index (χ4n) is 3.76. The Hall–Kier alpha value is -4.47. The van der Waals surface area contributed by atoms with E-state index in [1.54, 1.807) is 42.7 Å². The van der Waals surface area contributed by atoms with Gasteiger partial charge in [0.15, 0.2) is 11.3 Å². The molecule has 3 aromatic heterocycles. The van der Waals surface area contributed by atoms with E-state index in [-0.39, 0.29) is 17.6 Å². The number of pyridine rings is 1. The van der Waals surface area contributed by atoms with E-state index in [0.717, 1.165) is 19.3 Å². The van der Waals surface area contributed by atoms with Gasteiger partial charge in [-0.3, -0.25) is 14.6 Å². The standard InChI is InChI=1S/C25H28N8O2/c1-3-6-17(4-2)30-22-14-20(29-19-8-5-7-16(13-19)23(26)34)24-28-15-21(33(24)32-22)25(35)31-18-9-11-27-12-10-18/h5,7-15,17,29H,3-4,6H2,1-2H3,(H2,26,34)(H,30,32)(H,27,31,35)/t17-/m1/s1. The maximum atomic E-state index is 13.0. The molecule has 10 nitrogen and oxygen atoms in total. The first kappa shape index (κ1) is 23.7. The molecular formula is C25H28N8O2. The topological polar surface area (TPSA) is 139 Å². The number of hydrogen-bond donors (Lipinski definition) is 4. The molecule has 0 aliphatic heterocycles. The van der Waals surface area contributed by atoms with Gasteiger partial charge in [-0.2, -0.15) is 0 Å². The van der Waals surface area contributed by atoms with Gasteiger partial charge in [-0.1, -0.05) is 26.3 Å². The normalized spacial score (nSPS) is 11.7. The zero-order valence-corrected chi connectivity index (χ0v) is 19.7. The number of primary amides is 1. The van der Waals surface area contributed by atoms with Crippen LogP contribution in [0.5, 0.6) is 0 Å². The SMILES string of the molecule is CCC[C@@H](CC)Nc1cc(Nc2cccc(C(N)=O)c2)c2ncc(C(=O)Nc3ccncc3)n2n1. The highest BCUT2D eigenvalue weighted by molar-refractivity contribution is 6.03. The molecular weight excluding hydrogens is 444 g/mol. The van der Waals surface area contributed by atoms with Crippen LogP contribution in [-0.2, 0) is 0 Å². The first-order valence-corrected chi connectivity index (χ1v) is 11.5. The van der Waals surface area contributed by atoms with E-state index in [4.69, 9.17) is 5.73 Å². The second-order valence-electron chi connectivity index (χ2n) is 8.12. The number of nitrogens with two attached hydrogens (primary N) is 1. The highest BCUT2D eigenvalue weighted by Crippen LogP contribution is 2.26. The third-order valence-corrected chi connectivity index (χ3v) is 5.55. The number of carbonyl (C=O) groups excluding carboxylic acids is 2. The Morgan fingerprint density at radius 3 is 2.60 bits per heavy atom. The maximum Gasteiger partial charge on any atom is 0.276 e. The number of benzene rings is 1. The summed E-state index contributed by atoms with van der Waals surface area (Å²) in [6, 6.07) is 12.4. The van der Waals surface area contributed by atoms with Gasteiger partial charge in [0.2, 0.25) is 5.91 Å². The van der Waals surface area contributed by atoms with Crippen LogP contribution < -0.4 is 21.7 Å². The van der Waals surface area contributed by atoms with Crippen LogP contribution in [0.15, 0.2) is 61.1 Å². The Morgan fingerprint density at radius 1 is 1.09 bits per heavy atom. The molecule has 3 heterocycles. The van der Waals surface area contributed by atoms with Crippen LogP contribution >= 0.6 is 0 Å². The Morgan fingerprint density at radius 2 is 1.89 bits per heavy atom. The second-order valence-corrected chi connectivity index (χ2v) is 8.12. The Kier molecular flexibility index (Phi) is 7.20. The summed E-state index contributed by atoms with van der Waals surface area (Å²) in [6.07, 6.45) is 7.63. The molecule has 10 heteroatoms. The molecule has 0 fully saturated rings. The Labute approximate surface area is 203 Å². The molecule has 1 atom stereocenters. The summed E-state index contributed by atoms with van der Waals surface area (Å²) >= 11 is 0. The molecule has 0 aliphatic carbocycles. The van der Waals surface area contributed by atoms with E-state index < -0.39 is 5.91 Å². The van der Waals surface area contributed by atoms with Gasteiger partial charge in [0.1, 0.15) is 5.82 Å². The van der Waals surface area contributed by atoms with Gasteiger partial charge in [0.05, 0.1) is 11.9 Å². The first-order chi connectivity index (χ1) is 17.0. The number of hydrogen-bond acceptors (Lipinski definition) is 7. The number of aromatic nitrogens is 4. The minimum atomic E-state index is -0.517.